The lowest BCUT2D eigenvalue weighted by Crippen LogP contribution is -1.96. The van der Waals surface area contributed by atoms with Crippen LogP contribution >= 0.6 is 11.6 Å². The van der Waals surface area contributed by atoms with Gasteiger partial charge in [-0.1, -0.05) is 54.1 Å². The molecule has 0 bridgehead atoms. The van der Waals surface area contributed by atoms with Crippen LogP contribution in [0.4, 0.5) is 0 Å². The molecule has 0 radical (unpaired) electrons. The lowest BCUT2D eigenvalue weighted by molar-refractivity contribution is 0.911. The minimum absolute atomic E-state index is 0.700. The van der Waals surface area contributed by atoms with Gasteiger partial charge in [0.05, 0.1) is 28.4 Å². The number of hydrogen-bond acceptors (Lipinski definition) is 1. The van der Waals surface area contributed by atoms with Crippen LogP contribution in [0.3, 0.4) is 0 Å². The van der Waals surface area contributed by atoms with Crippen molar-refractivity contribution in [3.63, 3.8) is 0 Å². The highest BCUT2D eigenvalue weighted by molar-refractivity contribution is 6.30. The lowest BCUT2D eigenvalue weighted by Gasteiger charge is -2.08. The quantitative estimate of drug-likeness (QED) is 0.318. The van der Waals surface area contributed by atoms with Gasteiger partial charge < -0.3 is 4.57 Å². The van der Waals surface area contributed by atoms with Gasteiger partial charge in [0.15, 0.2) is 0 Å². The van der Waals surface area contributed by atoms with E-state index in [1.165, 1.54) is 21.8 Å². The van der Waals surface area contributed by atoms with Gasteiger partial charge in [0.2, 0.25) is 0 Å². The maximum atomic E-state index is 6.22. The number of rotatable bonds is 2. The predicted octanol–water partition coefficient (Wildman–Crippen LogP) is 6.78. The van der Waals surface area contributed by atoms with Crippen molar-refractivity contribution >= 4 is 44.3 Å². The van der Waals surface area contributed by atoms with Crippen LogP contribution in [0.15, 0.2) is 97.2 Å². The molecule has 29 heavy (non-hydrogen) atoms. The van der Waals surface area contributed by atoms with E-state index in [9.17, 15) is 0 Å². The highest BCUT2D eigenvalue weighted by Gasteiger charge is 2.17. The topological polar surface area (TPSA) is 22.8 Å². The molecule has 6 rings (SSSR count). The van der Waals surface area contributed by atoms with Gasteiger partial charge in [-0.2, -0.15) is 5.10 Å². The molecule has 0 atom stereocenters. The molecule has 0 unspecified atom stereocenters. The van der Waals surface area contributed by atoms with Gasteiger partial charge >= 0.3 is 0 Å². The summed E-state index contributed by atoms with van der Waals surface area (Å²) in [6.45, 7) is 0. The van der Waals surface area contributed by atoms with E-state index in [2.05, 4.69) is 65.2 Å². The van der Waals surface area contributed by atoms with Crippen LogP contribution in [0.5, 0.6) is 0 Å². The molecule has 2 heterocycles. The molecule has 3 nitrogen and oxygen atoms in total. The number of nitrogens with zero attached hydrogens (tertiary/aromatic N) is 3. The van der Waals surface area contributed by atoms with Crippen molar-refractivity contribution in [3.05, 3.63) is 102 Å². The number of halogens is 1. The van der Waals surface area contributed by atoms with E-state index in [1.54, 1.807) is 0 Å². The number of benzene rings is 4. The molecule has 0 aliphatic carbocycles. The highest BCUT2D eigenvalue weighted by Crippen LogP contribution is 2.36. The van der Waals surface area contributed by atoms with E-state index in [0.29, 0.717) is 5.02 Å². The van der Waals surface area contributed by atoms with Crippen LogP contribution in [-0.2, 0) is 0 Å². The largest absolute Gasteiger partial charge is 0.309 e. The Morgan fingerprint density at radius 2 is 1.41 bits per heavy atom. The van der Waals surface area contributed by atoms with E-state index >= 15 is 0 Å². The van der Waals surface area contributed by atoms with Gasteiger partial charge in [0.1, 0.15) is 0 Å². The SMILES string of the molecule is Clc1cccc(-n2ncc3c2ccc2c4ccccc4n(-c4ccccc4)c23)c1. The van der Waals surface area contributed by atoms with Crippen LogP contribution in [0.25, 0.3) is 44.1 Å². The second-order valence-electron chi connectivity index (χ2n) is 7.12. The fourth-order valence-corrected chi connectivity index (χ4v) is 4.41. The fraction of sp³-hybridized carbons (Fsp3) is 0. The van der Waals surface area contributed by atoms with Crippen LogP contribution in [-0.4, -0.2) is 14.3 Å². The zero-order valence-corrected chi connectivity index (χ0v) is 16.2. The molecule has 0 fully saturated rings. The van der Waals surface area contributed by atoms with Crippen molar-refractivity contribution in [1.29, 1.82) is 0 Å². The molecule has 138 valence electrons. The third kappa shape index (κ3) is 2.41. The van der Waals surface area contributed by atoms with Gasteiger partial charge in [-0.15, -0.1) is 0 Å². The average molecular weight is 394 g/mol. The molecule has 2 aromatic heterocycles. The smallest absolute Gasteiger partial charge is 0.0762 e. The summed E-state index contributed by atoms with van der Waals surface area (Å²) < 4.78 is 4.28. The monoisotopic (exact) mass is 393 g/mol. The zero-order valence-electron chi connectivity index (χ0n) is 15.5. The molecule has 4 aromatic carbocycles. The van der Waals surface area contributed by atoms with Gasteiger partial charge in [-0.3, -0.25) is 0 Å². The minimum Gasteiger partial charge on any atom is -0.309 e. The van der Waals surface area contributed by atoms with Crippen LogP contribution < -0.4 is 0 Å². The minimum atomic E-state index is 0.700. The molecule has 0 amide bonds. The van der Waals surface area contributed by atoms with Gasteiger partial charge in [0.25, 0.3) is 0 Å². The van der Waals surface area contributed by atoms with E-state index in [-0.39, 0.29) is 0 Å². The van der Waals surface area contributed by atoms with Gasteiger partial charge in [-0.05, 0) is 48.5 Å². The first-order chi connectivity index (χ1) is 14.3. The first kappa shape index (κ1) is 16.4. The number of hydrogen-bond donors (Lipinski definition) is 0. The Morgan fingerprint density at radius 1 is 0.621 bits per heavy atom. The van der Waals surface area contributed by atoms with Crippen molar-refractivity contribution < 1.29 is 0 Å². The van der Waals surface area contributed by atoms with Crippen molar-refractivity contribution in [2.45, 2.75) is 0 Å². The zero-order chi connectivity index (χ0) is 19.4. The molecular weight excluding hydrogens is 378 g/mol. The van der Waals surface area contributed by atoms with Crippen LogP contribution in [0.1, 0.15) is 0 Å². The summed E-state index contributed by atoms with van der Waals surface area (Å²) >= 11 is 6.22. The van der Waals surface area contributed by atoms with Gasteiger partial charge in [-0.25, -0.2) is 4.68 Å². The first-order valence-electron chi connectivity index (χ1n) is 9.52. The molecule has 6 aromatic rings. The van der Waals surface area contributed by atoms with E-state index in [1.807, 2.05) is 41.2 Å². The van der Waals surface area contributed by atoms with E-state index in [4.69, 9.17) is 16.7 Å². The van der Waals surface area contributed by atoms with Crippen LogP contribution in [0, 0.1) is 0 Å². The highest BCUT2D eigenvalue weighted by atomic mass is 35.5. The summed E-state index contributed by atoms with van der Waals surface area (Å²) in [5.74, 6) is 0. The lowest BCUT2D eigenvalue weighted by atomic mass is 10.1. The van der Waals surface area contributed by atoms with Crippen molar-refractivity contribution in [1.82, 2.24) is 14.3 Å². The van der Waals surface area contributed by atoms with E-state index in [0.717, 1.165) is 22.3 Å². The first-order valence-corrected chi connectivity index (χ1v) is 9.90. The molecular formula is C25H16ClN3. The Morgan fingerprint density at radius 3 is 2.28 bits per heavy atom. The van der Waals surface area contributed by atoms with Crippen molar-refractivity contribution in [2.75, 3.05) is 0 Å². The van der Waals surface area contributed by atoms with Crippen molar-refractivity contribution in [3.8, 4) is 11.4 Å². The van der Waals surface area contributed by atoms with Crippen molar-refractivity contribution in [2.24, 2.45) is 0 Å². The molecule has 0 aliphatic rings. The summed E-state index contributed by atoms with van der Waals surface area (Å²) in [5, 5.41) is 8.98. The molecule has 0 saturated heterocycles. The third-order valence-electron chi connectivity index (χ3n) is 5.45. The van der Waals surface area contributed by atoms with Crippen LogP contribution in [0.2, 0.25) is 5.02 Å². The summed E-state index contributed by atoms with van der Waals surface area (Å²) in [6, 6.07) is 31.2. The average Bonchev–Trinajstić information content (AvgIpc) is 3.33. The summed E-state index contributed by atoms with van der Waals surface area (Å²) in [6.07, 6.45) is 1.96. The number of aromatic nitrogens is 3. The summed E-state index contributed by atoms with van der Waals surface area (Å²) in [7, 11) is 0. The normalized spacial score (nSPS) is 11.6. The second-order valence-corrected chi connectivity index (χ2v) is 7.56. The second kappa shape index (κ2) is 6.23. The van der Waals surface area contributed by atoms with E-state index < -0.39 is 0 Å². The third-order valence-corrected chi connectivity index (χ3v) is 5.69. The maximum absolute atomic E-state index is 6.22. The number of para-hydroxylation sites is 2. The Balaban J connectivity index is 1.77. The standard InChI is InChI=1S/C25H16ClN3/c26-17-7-6-10-19(15-17)29-24-14-13-21-20-11-4-5-12-23(20)28(18-8-2-1-3-9-18)25(21)22(24)16-27-29/h1-16H. The van der Waals surface area contributed by atoms with Gasteiger partial charge in [0, 0.05) is 26.9 Å². The molecule has 0 spiro atoms. The molecule has 0 aliphatic heterocycles. The summed E-state index contributed by atoms with van der Waals surface area (Å²) in [4.78, 5) is 0. The maximum Gasteiger partial charge on any atom is 0.0762 e. The Bertz CT molecular complexity index is 1510. The predicted molar refractivity (Wildman–Crippen MR) is 120 cm³/mol. The summed E-state index contributed by atoms with van der Waals surface area (Å²) in [5.41, 5.74) is 5.51. The Kier molecular flexibility index (Phi) is 3.52. The number of fused-ring (bicyclic) bond motifs is 5. The molecule has 0 N–H and O–H groups in total. The fourth-order valence-electron chi connectivity index (χ4n) is 4.22. The molecule has 0 saturated carbocycles. The Hall–Kier alpha value is -3.56. The molecule has 4 heteroatoms. The Labute approximate surface area is 172 Å².